The second kappa shape index (κ2) is 14.0. The third kappa shape index (κ3) is 9.58. The van der Waals surface area contributed by atoms with Crippen molar-refractivity contribution in [3.8, 4) is 0 Å². The molecule has 2 aromatic rings. The lowest BCUT2D eigenvalue weighted by Gasteiger charge is -2.41. The number of halogens is 3. The first-order valence-corrected chi connectivity index (χ1v) is 13.0. The summed E-state index contributed by atoms with van der Waals surface area (Å²) in [6.07, 6.45) is 1.70. The number of nitrogens with one attached hydrogen (secondary N) is 1. The Balaban J connectivity index is 0.000000532. The van der Waals surface area contributed by atoms with Crippen molar-refractivity contribution in [1.82, 2.24) is 9.80 Å². The van der Waals surface area contributed by atoms with Gasteiger partial charge in [0.2, 0.25) is 0 Å². The average Bonchev–Trinajstić information content (AvgIpc) is 2.92. The minimum Gasteiger partial charge on any atom is -0.478 e. The molecule has 0 radical (unpaired) electrons. The van der Waals surface area contributed by atoms with E-state index in [-0.39, 0.29) is 5.56 Å². The Labute approximate surface area is 226 Å². The number of aromatic carboxylic acids is 1. The summed E-state index contributed by atoms with van der Waals surface area (Å²) in [5.74, 6) is -2.81. The maximum atomic E-state index is 11.2. The molecule has 1 saturated carbocycles. The zero-order valence-corrected chi connectivity index (χ0v) is 22.0. The standard InChI is InChI=1S/C26H34N4O2.C2HF3O2/c1-20-7-9-21(10-8-20)19-27-26(28-23-13-11-22(12-14-23)25(31)32)30-17-15-29(16-18-30)24-5-3-2-4-6-24;3-2(4,5)1(6)7/h7-14,24H,2-6,15-19H2,1H3,(H,27,28)(H,31,32);(H,6,7). The van der Waals surface area contributed by atoms with Crippen molar-refractivity contribution in [1.29, 1.82) is 0 Å². The molecular weight excluding hydrogens is 513 g/mol. The van der Waals surface area contributed by atoms with Crippen molar-refractivity contribution >= 4 is 23.6 Å². The summed E-state index contributed by atoms with van der Waals surface area (Å²) in [5, 5.41) is 19.7. The third-order valence-corrected chi connectivity index (χ3v) is 6.87. The van der Waals surface area contributed by atoms with Crippen LogP contribution in [0.2, 0.25) is 0 Å². The van der Waals surface area contributed by atoms with Crippen molar-refractivity contribution in [2.75, 3.05) is 31.5 Å². The molecule has 39 heavy (non-hydrogen) atoms. The highest BCUT2D eigenvalue weighted by Gasteiger charge is 2.38. The van der Waals surface area contributed by atoms with Crippen molar-refractivity contribution in [3.63, 3.8) is 0 Å². The van der Waals surface area contributed by atoms with E-state index in [1.165, 1.54) is 43.2 Å². The quantitative estimate of drug-likeness (QED) is 0.347. The number of anilines is 1. The Bertz CT molecular complexity index is 1110. The monoisotopic (exact) mass is 548 g/mol. The van der Waals surface area contributed by atoms with Crippen LogP contribution in [0.15, 0.2) is 53.5 Å². The van der Waals surface area contributed by atoms with Gasteiger partial charge in [-0.1, -0.05) is 49.1 Å². The molecule has 212 valence electrons. The number of aryl methyl sites for hydroxylation is 1. The van der Waals surface area contributed by atoms with Gasteiger partial charge in [0.05, 0.1) is 12.1 Å². The van der Waals surface area contributed by atoms with Crippen LogP contribution in [-0.2, 0) is 11.3 Å². The molecule has 0 aromatic heterocycles. The minimum absolute atomic E-state index is 0.287. The number of aliphatic imine (C=N–C) groups is 1. The molecule has 2 aliphatic rings. The number of piperazine rings is 1. The maximum Gasteiger partial charge on any atom is 0.490 e. The lowest BCUT2D eigenvalue weighted by atomic mass is 9.94. The van der Waals surface area contributed by atoms with Gasteiger partial charge < -0.3 is 20.4 Å². The summed E-state index contributed by atoms with van der Waals surface area (Å²) in [7, 11) is 0. The molecule has 0 bridgehead atoms. The molecule has 8 nitrogen and oxygen atoms in total. The van der Waals surface area contributed by atoms with Gasteiger partial charge in [-0.2, -0.15) is 13.2 Å². The van der Waals surface area contributed by atoms with Gasteiger partial charge in [-0.25, -0.2) is 14.6 Å². The van der Waals surface area contributed by atoms with E-state index in [2.05, 4.69) is 46.3 Å². The Kier molecular flexibility index (Phi) is 10.7. The second-order valence-electron chi connectivity index (χ2n) is 9.75. The van der Waals surface area contributed by atoms with Crippen LogP contribution >= 0.6 is 0 Å². The predicted molar refractivity (Wildman–Crippen MR) is 143 cm³/mol. The van der Waals surface area contributed by atoms with Crippen LogP contribution in [0.25, 0.3) is 0 Å². The Morgan fingerprint density at radius 1 is 0.923 bits per heavy atom. The van der Waals surface area contributed by atoms with E-state index in [9.17, 15) is 18.0 Å². The van der Waals surface area contributed by atoms with Crippen molar-refractivity contribution in [3.05, 3.63) is 65.2 Å². The van der Waals surface area contributed by atoms with Gasteiger partial charge in [0, 0.05) is 37.9 Å². The summed E-state index contributed by atoms with van der Waals surface area (Å²) in [5.41, 5.74) is 3.56. The number of rotatable bonds is 5. The summed E-state index contributed by atoms with van der Waals surface area (Å²) in [4.78, 5) is 30.0. The lowest BCUT2D eigenvalue weighted by Crippen LogP contribution is -2.53. The van der Waals surface area contributed by atoms with Gasteiger partial charge in [0.25, 0.3) is 0 Å². The second-order valence-corrected chi connectivity index (χ2v) is 9.75. The number of benzene rings is 2. The van der Waals surface area contributed by atoms with Gasteiger partial charge in [0.1, 0.15) is 0 Å². The summed E-state index contributed by atoms with van der Waals surface area (Å²) < 4.78 is 31.7. The van der Waals surface area contributed by atoms with E-state index >= 15 is 0 Å². The first kappa shape index (κ1) is 29.9. The summed E-state index contributed by atoms with van der Waals surface area (Å²) in [6.45, 7) is 6.72. The lowest BCUT2D eigenvalue weighted by molar-refractivity contribution is -0.192. The first-order chi connectivity index (χ1) is 18.5. The summed E-state index contributed by atoms with van der Waals surface area (Å²) >= 11 is 0. The molecule has 1 aliphatic carbocycles. The van der Waals surface area contributed by atoms with Crippen molar-refractivity contribution in [2.24, 2.45) is 4.99 Å². The molecule has 0 unspecified atom stereocenters. The van der Waals surface area contributed by atoms with E-state index < -0.39 is 18.1 Å². The molecule has 1 aliphatic heterocycles. The van der Waals surface area contributed by atoms with Gasteiger partial charge in [-0.05, 0) is 49.6 Å². The zero-order chi connectivity index (χ0) is 28.4. The minimum atomic E-state index is -5.08. The van der Waals surface area contributed by atoms with Gasteiger partial charge >= 0.3 is 18.1 Å². The fourth-order valence-electron chi connectivity index (χ4n) is 4.65. The molecule has 1 heterocycles. The average molecular weight is 549 g/mol. The number of carboxylic acids is 2. The molecule has 4 rings (SSSR count). The van der Waals surface area contributed by atoms with Gasteiger partial charge in [-0.15, -0.1) is 0 Å². The highest BCUT2D eigenvalue weighted by molar-refractivity contribution is 5.94. The van der Waals surface area contributed by atoms with E-state index in [1.54, 1.807) is 12.1 Å². The molecule has 0 amide bonds. The molecule has 0 spiro atoms. The Morgan fingerprint density at radius 2 is 1.49 bits per heavy atom. The molecule has 2 fully saturated rings. The SMILES string of the molecule is Cc1ccc(CN=C(Nc2ccc(C(=O)O)cc2)N2CCN(C3CCCCC3)CC2)cc1.O=C(O)C(F)(F)F. The van der Waals surface area contributed by atoms with Crippen molar-refractivity contribution < 1.29 is 33.0 Å². The molecule has 1 saturated heterocycles. The molecule has 11 heteroatoms. The molecule has 3 N–H and O–H groups in total. The van der Waals surface area contributed by atoms with Crippen LogP contribution in [-0.4, -0.2) is 76.3 Å². The number of hydrogen-bond acceptors (Lipinski definition) is 4. The Hall–Kier alpha value is -3.60. The van der Waals surface area contributed by atoms with Crippen LogP contribution in [0.1, 0.15) is 53.6 Å². The number of aliphatic carboxylic acids is 1. The van der Waals surface area contributed by atoms with Crippen LogP contribution in [0.5, 0.6) is 0 Å². The number of hydrogen-bond donors (Lipinski definition) is 3. The maximum absolute atomic E-state index is 11.2. The third-order valence-electron chi connectivity index (χ3n) is 6.87. The van der Waals surface area contributed by atoms with Crippen LogP contribution < -0.4 is 5.32 Å². The largest absolute Gasteiger partial charge is 0.490 e. The van der Waals surface area contributed by atoms with Gasteiger partial charge in [0.15, 0.2) is 5.96 Å². The smallest absolute Gasteiger partial charge is 0.478 e. The van der Waals surface area contributed by atoms with E-state index in [0.717, 1.165) is 43.9 Å². The molecular formula is C28H35F3N4O4. The van der Waals surface area contributed by atoms with Crippen LogP contribution in [0, 0.1) is 6.92 Å². The normalized spacial score (nSPS) is 17.2. The fraction of sp³-hybridized carbons (Fsp3) is 0.464. The number of alkyl halides is 3. The summed E-state index contributed by atoms with van der Waals surface area (Å²) in [6, 6.07) is 16.1. The highest BCUT2D eigenvalue weighted by Crippen LogP contribution is 2.24. The number of guanidine groups is 1. The Morgan fingerprint density at radius 3 is 2.00 bits per heavy atom. The van der Waals surface area contributed by atoms with Crippen LogP contribution in [0.4, 0.5) is 18.9 Å². The topological polar surface area (TPSA) is 105 Å². The van der Waals surface area contributed by atoms with E-state index in [0.29, 0.717) is 6.54 Å². The number of carboxylic acid groups (broad SMARTS) is 2. The van der Waals surface area contributed by atoms with E-state index in [4.69, 9.17) is 20.0 Å². The number of carbonyl (C=O) groups is 2. The van der Waals surface area contributed by atoms with E-state index in [1.807, 2.05) is 12.1 Å². The fourth-order valence-corrected chi connectivity index (χ4v) is 4.65. The zero-order valence-electron chi connectivity index (χ0n) is 22.0. The van der Waals surface area contributed by atoms with Crippen LogP contribution in [0.3, 0.4) is 0 Å². The van der Waals surface area contributed by atoms with Gasteiger partial charge in [-0.3, -0.25) is 4.90 Å². The first-order valence-electron chi connectivity index (χ1n) is 13.0. The molecule has 0 atom stereocenters. The molecule has 2 aromatic carbocycles. The predicted octanol–water partition coefficient (Wildman–Crippen LogP) is 5.24. The van der Waals surface area contributed by atoms with Crippen molar-refractivity contribution in [2.45, 2.75) is 57.8 Å². The highest BCUT2D eigenvalue weighted by atomic mass is 19.4. The number of nitrogens with zero attached hydrogens (tertiary/aromatic N) is 3.